The molecule has 0 aromatic carbocycles. The van der Waals surface area contributed by atoms with Crippen LogP contribution in [0.3, 0.4) is 0 Å². The number of anilines is 1. The molecule has 1 saturated heterocycles. The van der Waals surface area contributed by atoms with Crippen LogP contribution in [0.5, 0.6) is 0 Å². The second kappa shape index (κ2) is 6.46. The minimum absolute atomic E-state index is 0.0160. The fraction of sp³-hybridized carbons (Fsp3) is 0.643. The summed E-state index contributed by atoms with van der Waals surface area (Å²) in [5.41, 5.74) is 5.90. The predicted octanol–water partition coefficient (Wildman–Crippen LogP) is -0.436. The fourth-order valence-electron chi connectivity index (χ4n) is 3.00. The monoisotopic (exact) mass is 341 g/mol. The van der Waals surface area contributed by atoms with Gasteiger partial charge in [-0.1, -0.05) is 6.92 Å². The first-order valence-electron chi connectivity index (χ1n) is 7.78. The minimum Gasteiger partial charge on any atom is -0.388 e. The lowest BCUT2D eigenvalue weighted by molar-refractivity contribution is -0.0797. The van der Waals surface area contributed by atoms with Crippen molar-refractivity contribution in [1.29, 1.82) is 0 Å². The van der Waals surface area contributed by atoms with Crippen molar-refractivity contribution >= 4 is 17.1 Å². The van der Waals surface area contributed by atoms with Crippen LogP contribution in [0.15, 0.2) is 11.0 Å². The van der Waals surface area contributed by atoms with E-state index in [1.54, 1.807) is 0 Å². The number of fused-ring (bicyclic) bond motifs is 1. The Labute approximate surface area is 136 Å². The maximum absolute atomic E-state index is 12.8. The molecule has 0 unspecified atom stereocenters. The van der Waals surface area contributed by atoms with Crippen LogP contribution in [0.2, 0.25) is 0 Å². The highest BCUT2D eigenvalue weighted by molar-refractivity contribution is 5.71. The Morgan fingerprint density at radius 3 is 3.00 bits per heavy atom. The zero-order valence-electron chi connectivity index (χ0n) is 13.2. The highest BCUT2D eigenvalue weighted by Crippen LogP contribution is 2.31. The highest BCUT2D eigenvalue weighted by Gasteiger charge is 2.41. The molecule has 0 radical (unpaired) electrons. The van der Waals surface area contributed by atoms with E-state index < -0.39 is 36.9 Å². The average molecular weight is 341 g/mol. The quantitative estimate of drug-likeness (QED) is 0.673. The number of aliphatic hydroxyl groups is 2. The summed E-state index contributed by atoms with van der Waals surface area (Å²) in [4.78, 5) is 20.8. The van der Waals surface area contributed by atoms with Crippen LogP contribution >= 0.6 is 0 Å². The van der Waals surface area contributed by atoms with Gasteiger partial charge in [-0.2, -0.15) is 4.98 Å². The molecule has 3 heterocycles. The lowest BCUT2D eigenvalue weighted by Gasteiger charge is -2.17. The number of alkyl halides is 1. The van der Waals surface area contributed by atoms with Crippen molar-refractivity contribution in [1.82, 2.24) is 19.1 Å². The summed E-state index contributed by atoms with van der Waals surface area (Å²) in [6.07, 6.45) is -2.23. The topological polar surface area (TPSA) is 128 Å². The molecule has 4 atom stereocenters. The Morgan fingerprint density at radius 2 is 2.33 bits per heavy atom. The summed E-state index contributed by atoms with van der Waals surface area (Å²) in [5, 5.41) is 19.9. The van der Waals surface area contributed by atoms with Crippen molar-refractivity contribution in [3.8, 4) is 0 Å². The van der Waals surface area contributed by atoms with E-state index in [0.717, 1.165) is 0 Å². The molecule has 0 saturated carbocycles. The van der Waals surface area contributed by atoms with E-state index in [1.807, 2.05) is 6.92 Å². The van der Waals surface area contributed by atoms with E-state index in [-0.39, 0.29) is 18.0 Å². The third-order valence-corrected chi connectivity index (χ3v) is 4.13. The first-order valence-corrected chi connectivity index (χ1v) is 7.78. The fourth-order valence-corrected chi connectivity index (χ4v) is 3.00. The molecule has 10 heteroatoms. The zero-order chi connectivity index (χ0) is 17.4. The van der Waals surface area contributed by atoms with Crippen molar-refractivity contribution in [2.24, 2.45) is 0 Å². The number of halogens is 1. The average Bonchev–Trinajstić information content (AvgIpc) is 3.05. The van der Waals surface area contributed by atoms with Gasteiger partial charge in [-0.3, -0.25) is 4.57 Å². The number of imidazole rings is 1. The van der Waals surface area contributed by atoms with Crippen LogP contribution in [0.25, 0.3) is 11.2 Å². The Kier molecular flexibility index (Phi) is 4.52. The molecule has 4 N–H and O–H groups in total. The van der Waals surface area contributed by atoms with Crippen molar-refractivity contribution in [3.05, 3.63) is 16.7 Å². The van der Waals surface area contributed by atoms with Gasteiger partial charge in [0.05, 0.1) is 12.3 Å². The van der Waals surface area contributed by atoms with Crippen LogP contribution < -0.4 is 11.4 Å². The highest BCUT2D eigenvalue weighted by atomic mass is 19.1. The molecule has 9 nitrogen and oxygen atoms in total. The van der Waals surface area contributed by atoms with E-state index in [0.29, 0.717) is 18.5 Å². The second-order valence-electron chi connectivity index (χ2n) is 5.83. The van der Waals surface area contributed by atoms with Crippen molar-refractivity contribution in [2.45, 2.75) is 50.8 Å². The molecular formula is C14H20FN5O4. The summed E-state index contributed by atoms with van der Waals surface area (Å²) < 4.78 is 20.9. The molecule has 1 aliphatic rings. The molecule has 2 aromatic rings. The van der Waals surface area contributed by atoms with Crippen LogP contribution in [0.4, 0.5) is 10.3 Å². The molecule has 132 valence electrons. The Morgan fingerprint density at radius 1 is 1.58 bits per heavy atom. The van der Waals surface area contributed by atoms with Gasteiger partial charge < -0.3 is 20.7 Å². The smallest absolute Gasteiger partial charge is 0.332 e. The summed E-state index contributed by atoms with van der Waals surface area (Å²) in [6.45, 7) is 1.36. The third kappa shape index (κ3) is 2.66. The number of nitrogens with zero attached hydrogens (tertiary/aromatic N) is 4. The van der Waals surface area contributed by atoms with E-state index in [9.17, 15) is 19.4 Å². The van der Waals surface area contributed by atoms with Crippen LogP contribution in [0, 0.1) is 0 Å². The molecule has 0 spiro atoms. The van der Waals surface area contributed by atoms with Gasteiger partial charge in [0.25, 0.3) is 0 Å². The summed E-state index contributed by atoms with van der Waals surface area (Å²) in [6, 6.07) is 0. The van der Waals surface area contributed by atoms with E-state index in [2.05, 4.69) is 9.97 Å². The number of aliphatic hydroxyl groups excluding tert-OH is 2. The molecule has 2 aromatic heterocycles. The van der Waals surface area contributed by atoms with Crippen LogP contribution in [-0.4, -0.2) is 54.3 Å². The largest absolute Gasteiger partial charge is 0.388 e. The van der Waals surface area contributed by atoms with Gasteiger partial charge in [-0.25, -0.2) is 18.7 Å². The molecule has 0 amide bonds. The van der Waals surface area contributed by atoms with Crippen LogP contribution in [0.1, 0.15) is 26.0 Å². The second-order valence-corrected chi connectivity index (χ2v) is 5.83. The zero-order valence-corrected chi connectivity index (χ0v) is 13.2. The molecule has 0 bridgehead atoms. The Hall–Kier alpha value is -2.04. The standard InChI is InChI=1S/C14H20FN5O4/c1-2-3-19-7-6-17-13(16)18-11(7)20(14(19)23)12-8(21)4-10(24-12)9(22)5-15/h6,8-10,12,21-22H,2-5H2,1H3,(H2,16,17,18)/t8-,9+,10+,12-/m1/s1. The number of ether oxygens (including phenoxy) is 1. The van der Waals surface area contributed by atoms with Gasteiger partial charge >= 0.3 is 5.69 Å². The lowest BCUT2D eigenvalue weighted by atomic mass is 10.1. The maximum Gasteiger partial charge on any atom is 0.332 e. The van der Waals surface area contributed by atoms with E-state index >= 15 is 0 Å². The number of nitrogens with two attached hydrogens (primary N) is 1. The van der Waals surface area contributed by atoms with Gasteiger partial charge in [0, 0.05) is 13.0 Å². The first-order chi connectivity index (χ1) is 11.5. The van der Waals surface area contributed by atoms with Gasteiger partial charge in [0.1, 0.15) is 24.4 Å². The summed E-state index contributed by atoms with van der Waals surface area (Å²) in [5.74, 6) is -0.0160. The molecule has 3 rings (SSSR count). The van der Waals surface area contributed by atoms with Crippen LogP contribution in [-0.2, 0) is 11.3 Å². The molecule has 1 aliphatic heterocycles. The predicted molar refractivity (Wildman–Crippen MR) is 83.0 cm³/mol. The maximum atomic E-state index is 12.8. The SMILES string of the molecule is CCCn1c(=O)n([C@@H]2O[C@H]([C@@H](O)CF)C[C@H]2O)c2nc(N)ncc21. The summed E-state index contributed by atoms with van der Waals surface area (Å²) in [7, 11) is 0. The molecule has 24 heavy (non-hydrogen) atoms. The van der Waals surface area contributed by atoms with E-state index in [4.69, 9.17) is 10.5 Å². The summed E-state index contributed by atoms with van der Waals surface area (Å²) >= 11 is 0. The van der Waals surface area contributed by atoms with E-state index in [1.165, 1.54) is 15.3 Å². The van der Waals surface area contributed by atoms with Gasteiger partial charge in [0.2, 0.25) is 5.95 Å². The van der Waals surface area contributed by atoms with Crippen molar-refractivity contribution in [3.63, 3.8) is 0 Å². The third-order valence-electron chi connectivity index (χ3n) is 4.13. The minimum atomic E-state index is -1.36. The number of nitrogen functional groups attached to an aromatic ring is 1. The normalized spacial score (nSPS) is 25.4. The lowest BCUT2D eigenvalue weighted by Crippen LogP contribution is -2.32. The number of aromatic nitrogens is 4. The number of hydrogen-bond acceptors (Lipinski definition) is 7. The van der Waals surface area contributed by atoms with Gasteiger partial charge in [0.15, 0.2) is 11.9 Å². The number of rotatable bonds is 5. The van der Waals surface area contributed by atoms with Gasteiger partial charge in [-0.15, -0.1) is 0 Å². The molecular weight excluding hydrogens is 321 g/mol. The Balaban J connectivity index is 2.10. The number of aryl methyl sites for hydroxylation is 1. The first kappa shape index (κ1) is 16.8. The van der Waals surface area contributed by atoms with Gasteiger partial charge in [-0.05, 0) is 6.42 Å². The molecule has 1 fully saturated rings. The number of hydrogen-bond donors (Lipinski definition) is 3. The Bertz CT molecular complexity index is 791. The van der Waals surface area contributed by atoms with Crippen molar-refractivity contribution in [2.75, 3.05) is 12.4 Å². The molecule has 0 aliphatic carbocycles. The van der Waals surface area contributed by atoms with Crippen molar-refractivity contribution < 1.29 is 19.3 Å².